The van der Waals surface area contributed by atoms with Gasteiger partial charge in [-0.25, -0.2) is 4.79 Å². The topological polar surface area (TPSA) is 70.1 Å². The minimum Gasteiger partial charge on any atom is -0.444 e. The van der Waals surface area contributed by atoms with Crippen molar-refractivity contribution in [2.24, 2.45) is 0 Å². The van der Waals surface area contributed by atoms with E-state index in [-0.39, 0.29) is 12.5 Å². The number of aliphatic hydroxyl groups is 1. The zero-order valence-corrected chi connectivity index (χ0v) is 17.9. The van der Waals surface area contributed by atoms with Gasteiger partial charge in [-0.2, -0.15) is 0 Å². The summed E-state index contributed by atoms with van der Waals surface area (Å²) in [4.78, 5) is 29.0. The van der Waals surface area contributed by atoms with Gasteiger partial charge < -0.3 is 14.7 Å². The highest BCUT2D eigenvalue weighted by atomic mass is 16.6. The van der Waals surface area contributed by atoms with E-state index in [0.29, 0.717) is 25.9 Å². The third-order valence-electron chi connectivity index (χ3n) is 5.43. The van der Waals surface area contributed by atoms with Gasteiger partial charge in [0.05, 0.1) is 0 Å². The van der Waals surface area contributed by atoms with E-state index in [4.69, 9.17) is 4.74 Å². The molecular weight excluding hydrogens is 368 g/mol. The number of carbonyl (C=O) groups is 2. The summed E-state index contributed by atoms with van der Waals surface area (Å²) in [6.07, 6.45) is 5.53. The van der Waals surface area contributed by atoms with Gasteiger partial charge in [-0.3, -0.25) is 9.69 Å². The van der Waals surface area contributed by atoms with Crippen LogP contribution in [-0.2, 0) is 16.1 Å². The molecule has 1 aromatic carbocycles. The first-order valence-corrected chi connectivity index (χ1v) is 11.0. The zero-order valence-electron chi connectivity index (χ0n) is 17.9. The maximum atomic E-state index is 13.2. The summed E-state index contributed by atoms with van der Waals surface area (Å²) in [5, 5.41) is 10.3. The summed E-state index contributed by atoms with van der Waals surface area (Å²) < 4.78 is 5.40. The lowest BCUT2D eigenvalue weighted by Crippen LogP contribution is -2.50. The van der Waals surface area contributed by atoms with Crippen molar-refractivity contribution in [2.45, 2.75) is 84.1 Å². The highest BCUT2D eigenvalue weighted by Gasteiger charge is 2.42. The van der Waals surface area contributed by atoms with Gasteiger partial charge in [0.25, 0.3) is 0 Å². The largest absolute Gasteiger partial charge is 0.444 e. The quantitative estimate of drug-likeness (QED) is 0.558. The molecule has 1 N–H and O–H groups in total. The molecule has 0 saturated carbocycles. The molecule has 6 heteroatoms. The number of hydrogen-bond acceptors (Lipinski definition) is 4. The molecule has 0 spiro atoms. The molecule has 1 fully saturated rings. The van der Waals surface area contributed by atoms with Crippen LogP contribution in [0.15, 0.2) is 30.3 Å². The third kappa shape index (κ3) is 7.03. The highest BCUT2D eigenvalue weighted by molar-refractivity contribution is 5.86. The number of nitrogens with zero attached hydrogens (tertiary/aromatic N) is 2. The standard InChI is InChI=1S/C23H36N2O4/c1-3-5-10-16-24(17-11-6-4-2)22(27)20-14-15-21(26)25(20)23(28)29-18-19-12-8-7-9-13-19/h7-9,12-13,20-21,26H,3-6,10-11,14-18H2,1-2H3/t20-,21?/m0/s1. The van der Waals surface area contributed by atoms with Crippen LogP contribution in [0.5, 0.6) is 0 Å². The van der Waals surface area contributed by atoms with Gasteiger partial charge in [-0.05, 0) is 31.2 Å². The zero-order chi connectivity index (χ0) is 21.1. The molecule has 1 aliphatic heterocycles. The second kappa shape index (κ2) is 12.5. The van der Waals surface area contributed by atoms with Gasteiger partial charge in [0, 0.05) is 13.1 Å². The molecule has 0 aliphatic carbocycles. The lowest BCUT2D eigenvalue weighted by atomic mass is 10.1. The van der Waals surface area contributed by atoms with Crippen molar-refractivity contribution in [3.05, 3.63) is 35.9 Å². The van der Waals surface area contributed by atoms with E-state index in [0.717, 1.165) is 44.1 Å². The van der Waals surface area contributed by atoms with Crippen LogP contribution in [0.2, 0.25) is 0 Å². The Morgan fingerprint density at radius 1 is 1.03 bits per heavy atom. The molecule has 0 radical (unpaired) electrons. The number of unbranched alkanes of at least 4 members (excludes halogenated alkanes) is 4. The maximum Gasteiger partial charge on any atom is 0.412 e. The van der Waals surface area contributed by atoms with Crippen LogP contribution in [0.25, 0.3) is 0 Å². The van der Waals surface area contributed by atoms with E-state index in [1.165, 1.54) is 4.90 Å². The fourth-order valence-electron chi connectivity index (χ4n) is 3.73. The van der Waals surface area contributed by atoms with Crippen molar-refractivity contribution in [1.29, 1.82) is 0 Å². The molecule has 0 bridgehead atoms. The predicted octanol–water partition coefficient (Wildman–Crippen LogP) is 4.32. The molecule has 2 atom stereocenters. The fraction of sp³-hybridized carbons (Fsp3) is 0.652. The number of likely N-dealkylation sites (tertiary alicyclic amines) is 1. The SMILES string of the molecule is CCCCCN(CCCCC)C(=O)[C@@H]1CCC(O)N1C(=O)OCc1ccccc1. The molecule has 1 aromatic rings. The van der Waals surface area contributed by atoms with E-state index in [1.54, 1.807) is 0 Å². The summed E-state index contributed by atoms with van der Waals surface area (Å²) in [5.41, 5.74) is 0.873. The van der Waals surface area contributed by atoms with E-state index in [9.17, 15) is 14.7 Å². The van der Waals surface area contributed by atoms with Crippen molar-refractivity contribution in [1.82, 2.24) is 9.80 Å². The first-order chi connectivity index (χ1) is 14.1. The Morgan fingerprint density at radius 3 is 2.24 bits per heavy atom. The average molecular weight is 405 g/mol. The average Bonchev–Trinajstić information content (AvgIpc) is 3.13. The van der Waals surface area contributed by atoms with Crippen LogP contribution >= 0.6 is 0 Å². The Bertz CT molecular complexity index is 613. The summed E-state index contributed by atoms with van der Waals surface area (Å²) in [5.74, 6) is -0.0644. The lowest BCUT2D eigenvalue weighted by molar-refractivity contribution is -0.137. The van der Waals surface area contributed by atoms with Crippen LogP contribution in [-0.4, -0.2) is 52.3 Å². The van der Waals surface area contributed by atoms with E-state index in [1.807, 2.05) is 35.2 Å². The molecule has 1 aliphatic rings. The minimum absolute atomic E-state index is 0.0644. The first-order valence-electron chi connectivity index (χ1n) is 11.0. The number of aliphatic hydroxyl groups excluding tert-OH is 1. The third-order valence-corrected chi connectivity index (χ3v) is 5.43. The Kier molecular flexibility index (Phi) is 9.98. The Hall–Kier alpha value is -2.08. The predicted molar refractivity (Wildman–Crippen MR) is 113 cm³/mol. The number of ether oxygens (including phenoxy) is 1. The molecule has 6 nitrogen and oxygen atoms in total. The van der Waals surface area contributed by atoms with Crippen molar-refractivity contribution in [3.8, 4) is 0 Å². The van der Waals surface area contributed by atoms with E-state index in [2.05, 4.69) is 13.8 Å². The van der Waals surface area contributed by atoms with Gasteiger partial charge in [-0.1, -0.05) is 69.9 Å². The van der Waals surface area contributed by atoms with Gasteiger partial charge >= 0.3 is 6.09 Å². The minimum atomic E-state index is -0.972. The maximum absolute atomic E-state index is 13.2. The number of amides is 2. The summed E-state index contributed by atoms with van der Waals surface area (Å²) in [7, 11) is 0. The lowest BCUT2D eigenvalue weighted by Gasteiger charge is -2.31. The Morgan fingerprint density at radius 2 is 1.66 bits per heavy atom. The first kappa shape index (κ1) is 23.2. The van der Waals surface area contributed by atoms with Crippen molar-refractivity contribution in [3.63, 3.8) is 0 Å². The number of carbonyl (C=O) groups excluding carboxylic acids is 2. The summed E-state index contributed by atoms with van der Waals surface area (Å²) >= 11 is 0. The highest BCUT2D eigenvalue weighted by Crippen LogP contribution is 2.26. The number of benzene rings is 1. The van der Waals surface area contributed by atoms with Gasteiger partial charge in [0.1, 0.15) is 18.9 Å². The Balaban J connectivity index is 2.01. The molecule has 1 unspecified atom stereocenters. The smallest absolute Gasteiger partial charge is 0.412 e. The van der Waals surface area contributed by atoms with Gasteiger partial charge in [0.15, 0.2) is 0 Å². The van der Waals surface area contributed by atoms with Gasteiger partial charge in [-0.15, -0.1) is 0 Å². The molecular formula is C23H36N2O4. The monoisotopic (exact) mass is 404 g/mol. The van der Waals surface area contributed by atoms with Crippen LogP contribution in [0.3, 0.4) is 0 Å². The molecule has 29 heavy (non-hydrogen) atoms. The second-order valence-corrected chi connectivity index (χ2v) is 7.76. The molecule has 1 heterocycles. The normalized spacial score (nSPS) is 18.7. The van der Waals surface area contributed by atoms with E-state index >= 15 is 0 Å². The molecule has 162 valence electrons. The van der Waals surface area contributed by atoms with Crippen molar-refractivity contribution in [2.75, 3.05) is 13.1 Å². The summed E-state index contributed by atoms with van der Waals surface area (Å²) in [6, 6.07) is 8.76. The van der Waals surface area contributed by atoms with Crippen molar-refractivity contribution < 1.29 is 19.4 Å². The van der Waals surface area contributed by atoms with Crippen molar-refractivity contribution >= 4 is 12.0 Å². The number of hydrogen-bond donors (Lipinski definition) is 1. The molecule has 0 aromatic heterocycles. The Labute approximate surface area is 174 Å². The van der Waals surface area contributed by atoms with E-state index < -0.39 is 18.4 Å². The number of rotatable bonds is 11. The molecule has 2 rings (SSSR count). The molecule has 1 saturated heterocycles. The van der Waals surface area contributed by atoms with Crippen LogP contribution in [0.4, 0.5) is 4.79 Å². The molecule has 2 amide bonds. The van der Waals surface area contributed by atoms with Gasteiger partial charge in [0.2, 0.25) is 5.91 Å². The van der Waals surface area contributed by atoms with Crippen LogP contribution in [0, 0.1) is 0 Å². The van der Waals surface area contributed by atoms with Crippen LogP contribution < -0.4 is 0 Å². The summed E-state index contributed by atoms with van der Waals surface area (Å²) in [6.45, 7) is 5.81. The second-order valence-electron chi connectivity index (χ2n) is 7.76. The fourth-order valence-corrected chi connectivity index (χ4v) is 3.73. The van der Waals surface area contributed by atoms with Crippen LogP contribution in [0.1, 0.15) is 70.8 Å².